The standard InChI is InChI=1S/C27H15F4N5O3/c28-19-8-13(1-4-18(19)24-35-21-5-2-16(27(29,30)31)10-22(21)36-24)15-11-32-26(33-12-15)39-17-3-6-20-14(7-17)9-23(34-20)25(37)38/h1-12,34H,(H,35,36)(H,37,38). The molecule has 0 amide bonds. The number of rotatable bonds is 5. The molecular weight excluding hydrogens is 518 g/mol. The van der Waals surface area contributed by atoms with E-state index in [1.807, 2.05) is 0 Å². The Morgan fingerprint density at radius 2 is 1.64 bits per heavy atom. The summed E-state index contributed by atoms with van der Waals surface area (Å²) in [5.41, 5.74) is 1.33. The fourth-order valence-corrected chi connectivity index (χ4v) is 4.11. The minimum absolute atomic E-state index is 0.0321. The van der Waals surface area contributed by atoms with Gasteiger partial charge >= 0.3 is 18.2 Å². The minimum atomic E-state index is -4.51. The lowest BCUT2D eigenvalue weighted by molar-refractivity contribution is -0.137. The number of ether oxygens (including phenoxy) is 1. The van der Waals surface area contributed by atoms with E-state index in [0.717, 1.165) is 12.1 Å². The summed E-state index contributed by atoms with van der Waals surface area (Å²) < 4.78 is 59.7. The van der Waals surface area contributed by atoms with Crippen molar-refractivity contribution in [1.82, 2.24) is 24.9 Å². The molecule has 0 spiro atoms. The third-order valence-corrected chi connectivity index (χ3v) is 6.03. The van der Waals surface area contributed by atoms with Crippen molar-refractivity contribution in [1.29, 1.82) is 0 Å². The first-order valence-corrected chi connectivity index (χ1v) is 11.4. The molecule has 0 bridgehead atoms. The highest BCUT2D eigenvalue weighted by Crippen LogP contribution is 2.33. The molecule has 6 rings (SSSR count). The van der Waals surface area contributed by atoms with Gasteiger partial charge in [-0.05, 0) is 60.2 Å². The summed E-state index contributed by atoms with van der Waals surface area (Å²) in [6.45, 7) is 0. The number of carbonyl (C=O) groups is 1. The van der Waals surface area contributed by atoms with Gasteiger partial charge in [-0.15, -0.1) is 0 Å². The van der Waals surface area contributed by atoms with E-state index < -0.39 is 23.5 Å². The number of H-pyrrole nitrogens is 2. The first kappa shape index (κ1) is 24.1. The lowest BCUT2D eigenvalue weighted by Gasteiger charge is -2.07. The molecule has 194 valence electrons. The lowest BCUT2D eigenvalue weighted by atomic mass is 10.1. The summed E-state index contributed by atoms with van der Waals surface area (Å²) in [6.07, 6.45) is -1.60. The first-order valence-electron chi connectivity index (χ1n) is 11.4. The number of carboxylic acids is 1. The maximum absolute atomic E-state index is 15.0. The third kappa shape index (κ3) is 4.63. The van der Waals surface area contributed by atoms with Crippen molar-refractivity contribution in [2.75, 3.05) is 0 Å². The van der Waals surface area contributed by atoms with Crippen LogP contribution in [0.25, 0.3) is 44.5 Å². The van der Waals surface area contributed by atoms with Crippen LogP contribution in [-0.2, 0) is 6.18 Å². The lowest BCUT2D eigenvalue weighted by Crippen LogP contribution is -2.04. The predicted octanol–water partition coefficient (Wildman–Crippen LogP) is 6.82. The number of halogens is 4. The number of carboxylic acid groups (broad SMARTS) is 1. The monoisotopic (exact) mass is 533 g/mol. The van der Waals surface area contributed by atoms with E-state index >= 15 is 4.39 Å². The zero-order chi connectivity index (χ0) is 27.3. The Morgan fingerprint density at radius 3 is 2.36 bits per heavy atom. The number of fused-ring (bicyclic) bond motifs is 2. The molecule has 8 nitrogen and oxygen atoms in total. The van der Waals surface area contributed by atoms with E-state index in [2.05, 4.69) is 24.9 Å². The largest absolute Gasteiger partial charge is 0.477 e. The Morgan fingerprint density at radius 1 is 0.872 bits per heavy atom. The van der Waals surface area contributed by atoms with Crippen LogP contribution in [0.2, 0.25) is 0 Å². The molecule has 0 atom stereocenters. The molecule has 3 aromatic carbocycles. The number of hydrogen-bond donors (Lipinski definition) is 3. The molecule has 0 saturated carbocycles. The van der Waals surface area contributed by atoms with E-state index in [0.29, 0.717) is 33.3 Å². The molecule has 3 N–H and O–H groups in total. The fraction of sp³-hybridized carbons (Fsp3) is 0.0370. The average molecular weight is 533 g/mol. The van der Waals surface area contributed by atoms with Gasteiger partial charge in [0.1, 0.15) is 23.1 Å². The zero-order valence-corrected chi connectivity index (χ0v) is 19.5. The van der Waals surface area contributed by atoms with Crippen LogP contribution in [0.3, 0.4) is 0 Å². The van der Waals surface area contributed by atoms with Crippen LogP contribution in [0, 0.1) is 5.82 Å². The Bertz CT molecular complexity index is 1880. The van der Waals surface area contributed by atoms with E-state index in [1.165, 1.54) is 36.7 Å². The van der Waals surface area contributed by atoms with Crippen molar-refractivity contribution in [3.8, 4) is 34.3 Å². The van der Waals surface area contributed by atoms with Crippen LogP contribution in [0.15, 0.2) is 73.1 Å². The number of imidazole rings is 1. The molecule has 12 heteroatoms. The van der Waals surface area contributed by atoms with Crippen molar-refractivity contribution in [2.45, 2.75) is 6.18 Å². The molecule has 3 aromatic heterocycles. The van der Waals surface area contributed by atoms with Gasteiger partial charge in [0.2, 0.25) is 0 Å². The topological polar surface area (TPSA) is 117 Å². The van der Waals surface area contributed by atoms with Gasteiger partial charge in [-0.1, -0.05) is 6.07 Å². The summed E-state index contributed by atoms with van der Waals surface area (Å²) in [6, 6.07) is 13.9. The molecule has 39 heavy (non-hydrogen) atoms. The maximum atomic E-state index is 15.0. The number of hydrogen-bond acceptors (Lipinski definition) is 5. The van der Waals surface area contributed by atoms with E-state index in [-0.39, 0.29) is 28.6 Å². The van der Waals surface area contributed by atoms with Gasteiger partial charge < -0.3 is 19.8 Å². The van der Waals surface area contributed by atoms with Crippen LogP contribution in [0.1, 0.15) is 16.1 Å². The maximum Gasteiger partial charge on any atom is 0.416 e. The van der Waals surface area contributed by atoms with Crippen molar-refractivity contribution in [3.05, 3.63) is 90.1 Å². The van der Waals surface area contributed by atoms with E-state index in [9.17, 15) is 18.0 Å². The molecule has 0 aliphatic heterocycles. The van der Waals surface area contributed by atoms with Gasteiger partial charge in [0.25, 0.3) is 0 Å². The molecule has 0 saturated heterocycles. The van der Waals surface area contributed by atoms with Gasteiger partial charge in [0.05, 0.1) is 22.2 Å². The number of alkyl halides is 3. The van der Waals surface area contributed by atoms with Gasteiger partial charge in [-0.25, -0.2) is 24.1 Å². The number of benzene rings is 3. The Labute approximate surface area is 216 Å². The molecule has 3 heterocycles. The van der Waals surface area contributed by atoms with Crippen LogP contribution in [0.4, 0.5) is 17.6 Å². The number of aromatic amines is 2. The highest BCUT2D eigenvalue weighted by atomic mass is 19.4. The van der Waals surface area contributed by atoms with Crippen LogP contribution in [-0.4, -0.2) is 36.0 Å². The van der Waals surface area contributed by atoms with E-state index in [1.54, 1.807) is 24.3 Å². The Balaban J connectivity index is 1.22. The molecule has 6 aromatic rings. The quantitative estimate of drug-likeness (QED) is 0.210. The number of nitrogens with one attached hydrogen (secondary N) is 2. The van der Waals surface area contributed by atoms with Crippen molar-refractivity contribution < 1.29 is 32.2 Å². The van der Waals surface area contributed by atoms with Crippen molar-refractivity contribution >= 4 is 27.9 Å². The van der Waals surface area contributed by atoms with Crippen molar-refractivity contribution in [2.24, 2.45) is 0 Å². The minimum Gasteiger partial charge on any atom is -0.477 e. The number of aromatic nitrogens is 5. The van der Waals surface area contributed by atoms with Crippen molar-refractivity contribution in [3.63, 3.8) is 0 Å². The summed E-state index contributed by atoms with van der Waals surface area (Å²) in [7, 11) is 0. The molecular formula is C27H15F4N5O3. The van der Waals surface area contributed by atoms with Gasteiger partial charge in [0.15, 0.2) is 0 Å². The van der Waals surface area contributed by atoms with Crippen LogP contribution < -0.4 is 4.74 Å². The van der Waals surface area contributed by atoms with E-state index in [4.69, 9.17) is 9.84 Å². The molecule has 0 fully saturated rings. The molecule has 0 aliphatic carbocycles. The number of aromatic carboxylic acids is 1. The second-order valence-corrected chi connectivity index (χ2v) is 8.60. The summed E-state index contributed by atoms with van der Waals surface area (Å²) >= 11 is 0. The summed E-state index contributed by atoms with van der Waals surface area (Å²) in [5, 5.41) is 9.76. The SMILES string of the molecule is O=C(O)c1cc2cc(Oc3ncc(-c4ccc(-c5nc6cc(C(F)(F)F)ccc6[nH]5)c(F)c4)cn3)ccc2[nH]1. The smallest absolute Gasteiger partial charge is 0.416 e. The number of nitrogens with zero attached hydrogens (tertiary/aromatic N) is 3. The third-order valence-electron chi connectivity index (χ3n) is 6.03. The highest BCUT2D eigenvalue weighted by molar-refractivity contribution is 5.94. The Hall–Kier alpha value is -5.26. The normalized spacial score (nSPS) is 11.8. The van der Waals surface area contributed by atoms with Gasteiger partial charge in [0, 0.05) is 28.9 Å². The summed E-state index contributed by atoms with van der Waals surface area (Å²) in [4.78, 5) is 29.2. The fourth-order valence-electron chi connectivity index (χ4n) is 4.11. The Kier molecular flexibility index (Phi) is 5.52. The van der Waals surface area contributed by atoms with Gasteiger partial charge in [-0.2, -0.15) is 13.2 Å². The van der Waals surface area contributed by atoms with Crippen LogP contribution >= 0.6 is 0 Å². The highest BCUT2D eigenvalue weighted by Gasteiger charge is 2.30. The van der Waals surface area contributed by atoms with Gasteiger partial charge in [-0.3, -0.25) is 0 Å². The molecule has 0 radical (unpaired) electrons. The predicted molar refractivity (Wildman–Crippen MR) is 133 cm³/mol. The van der Waals surface area contributed by atoms with Crippen LogP contribution in [0.5, 0.6) is 11.8 Å². The zero-order valence-electron chi connectivity index (χ0n) is 19.5. The second kappa shape index (κ2) is 8.94. The second-order valence-electron chi connectivity index (χ2n) is 8.60. The summed E-state index contributed by atoms with van der Waals surface area (Å²) in [5.74, 6) is -1.21. The average Bonchev–Trinajstić information content (AvgIpc) is 3.52. The molecule has 0 unspecified atom stereocenters. The first-order chi connectivity index (χ1) is 18.6. The molecule has 0 aliphatic rings.